The normalized spacial score (nSPS) is 12.9. The standard InChI is InChI=1S/C12H25NO/c1-5-6-7-11(4)12(14)13-9-8-10(2)3/h10-11H,5-9H2,1-4H3,(H,13,14)/t11-/m0/s1. The van der Waals surface area contributed by atoms with Crippen LogP contribution in [0.15, 0.2) is 0 Å². The number of carbonyl (C=O) groups excluding carboxylic acids is 1. The van der Waals surface area contributed by atoms with Gasteiger partial charge in [-0.3, -0.25) is 4.79 Å². The van der Waals surface area contributed by atoms with Gasteiger partial charge in [-0.1, -0.05) is 40.5 Å². The SMILES string of the molecule is CCCC[C@H](C)C(=O)NCCC(C)C. The molecule has 0 aliphatic rings. The van der Waals surface area contributed by atoms with Gasteiger partial charge in [0, 0.05) is 12.5 Å². The van der Waals surface area contributed by atoms with E-state index in [0.29, 0.717) is 5.92 Å². The number of nitrogens with one attached hydrogen (secondary N) is 1. The van der Waals surface area contributed by atoms with Crippen LogP contribution in [-0.2, 0) is 4.79 Å². The Hall–Kier alpha value is -0.530. The van der Waals surface area contributed by atoms with E-state index in [2.05, 4.69) is 26.1 Å². The van der Waals surface area contributed by atoms with E-state index in [-0.39, 0.29) is 11.8 Å². The zero-order valence-corrected chi connectivity index (χ0v) is 10.1. The second-order valence-electron chi connectivity index (χ2n) is 4.52. The molecular weight excluding hydrogens is 174 g/mol. The van der Waals surface area contributed by atoms with Crippen molar-refractivity contribution in [3.05, 3.63) is 0 Å². The van der Waals surface area contributed by atoms with E-state index < -0.39 is 0 Å². The molecule has 0 saturated heterocycles. The third kappa shape index (κ3) is 6.93. The monoisotopic (exact) mass is 199 g/mol. The first-order chi connectivity index (χ1) is 6.57. The molecule has 0 fully saturated rings. The second kappa shape index (κ2) is 7.84. The summed E-state index contributed by atoms with van der Waals surface area (Å²) < 4.78 is 0. The van der Waals surface area contributed by atoms with Gasteiger partial charge in [0.25, 0.3) is 0 Å². The molecule has 0 radical (unpaired) electrons. The molecule has 84 valence electrons. The molecule has 0 heterocycles. The van der Waals surface area contributed by atoms with E-state index in [0.717, 1.165) is 25.8 Å². The fourth-order valence-electron chi connectivity index (χ4n) is 1.30. The average molecular weight is 199 g/mol. The smallest absolute Gasteiger partial charge is 0.222 e. The maximum absolute atomic E-state index is 11.5. The summed E-state index contributed by atoms with van der Waals surface area (Å²) >= 11 is 0. The molecule has 0 aromatic carbocycles. The Morgan fingerprint density at radius 2 is 1.86 bits per heavy atom. The number of amides is 1. The van der Waals surface area contributed by atoms with Crippen LogP contribution in [0.3, 0.4) is 0 Å². The Morgan fingerprint density at radius 1 is 1.21 bits per heavy atom. The molecule has 0 spiro atoms. The van der Waals surface area contributed by atoms with Crippen LogP contribution in [0.1, 0.15) is 53.4 Å². The van der Waals surface area contributed by atoms with Gasteiger partial charge < -0.3 is 5.32 Å². The third-order valence-electron chi connectivity index (χ3n) is 2.46. The maximum atomic E-state index is 11.5. The highest BCUT2D eigenvalue weighted by Crippen LogP contribution is 2.07. The first kappa shape index (κ1) is 13.5. The highest BCUT2D eigenvalue weighted by Gasteiger charge is 2.10. The lowest BCUT2D eigenvalue weighted by atomic mass is 10.0. The van der Waals surface area contributed by atoms with Crippen LogP contribution in [0.2, 0.25) is 0 Å². The van der Waals surface area contributed by atoms with E-state index in [9.17, 15) is 4.79 Å². The van der Waals surface area contributed by atoms with Gasteiger partial charge in [-0.2, -0.15) is 0 Å². The molecule has 2 nitrogen and oxygen atoms in total. The van der Waals surface area contributed by atoms with Crippen molar-refractivity contribution in [2.45, 2.75) is 53.4 Å². The van der Waals surface area contributed by atoms with E-state index in [1.165, 1.54) is 6.42 Å². The van der Waals surface area contributed by atoms with Crippen molar-refractivity contribution < 1.29 is 4.79 Å². The van der Waals surface area contributed by atoms with Crippen molar-refractivity contribution >= 4 is 5.91 Å². The Morgan fingerprint density at radius 3 is 2.36 bits per heavy atom. The second-order valence-corrected chi connectivity index (χ2v) is 4.52. The van der Waals surface area contributed by atoms with Gasteiger partial charge >= 0.3 is 0 Å². The van der Waals surface area contributed by atoms with Gasteiger partial charge in [0.1, 0.15) is 0 Å². The molecule has 14 heavy (non-hydrogen) atoms. The van der Waals surface area contributed by atoms with E-state index in [1.807, 2.05) is 6.92 Å². The van der Waals surface area contributed by atoms with Crippen LogP contribution in [0.4, 0.5) is 0 Å². The van der Waals surface area contributed by atoms with Crippen LogP contribution < -0.4 is 5.32 Å². The van der Waals surface area contributed by atoms with Gasteiger partial charge in [0.15, 0.2) is 0 Å². The molecule has 0 saturated carbocycles. The van der Waals surface area contributed by atoms with Crippen LogP contribution in [0.5, 0.6) is 0 Å². The fraction of sp³-hybridized carbons (Fsp3) is 0.917. The lowest BCUT2D eigenvalue weighted by molar-refractivity contribution is -0.124. The third-order valence-corrected chi connectivity index (χ3v) is 2.46. The quantitative estimate of drug-likeness (QED) is 0.671. The molecule has 1 N–H and O–H groups in total. The molecule has 0 aromatic heterocycles. The molecule has 0 unspecified atom stereocenters. The maximum Gasteiger partial charge on any atom is 0.222 e. The topological polar surface area (TPSA) is 29.1 Å². The molecular formula is C12H25NO. The molecule has 0 aliphatic carbocycles. The predicted molar refractivity (Wildman–Crippen MR) is 61.2 cm³/mol. The van der Waals surface area contributed by atoms with Gasteiger partial charge in [-0.15, -0.1) is 0 Å². The van der Waals surface area contributed by atoms with Crippen LogP contribution in [0.25, 0.3) is 0 Å². The zero-order valence-electron chi connectivity index (χ0n) is 10.1. The summed E-state index contributed by atoms with van der Waals surface area (Å²) in [6.07, 6.45) is 4.42. The minimum atomic E-state index is 0.183. The molecule has 0 aliphatic heterocycles. The number of hydrogen-bond donors (Lipinski definition) is 1. The number of hydrogen-bond acceptors (Lipinski definition) is 1. The van der Waals surface area contributed by atoms with Crippen molar-refractivity contribution in [2.24, 2.45) is 11.8 Å². The molecule has 0 aromatic rings. The fourth-order valence-corrected chi connectivity index (χ4v) is 1.30. The Labute approximate surface area is 88.5 Å². The molecule has 1 amide bonds. The minimum absolute atomic E-state index is 0.183. The first-order valence-electron chi connectivity index (χ1n) is 5.85. The molecule has 2 heteroatoms. The van der Waals surface area contributed by atoms with Crippen molar-refractivity contribution in [3.63, 3.8) is 0 Å². The van der Waals surface area contributed by atoms with Crippen molar-refractivity contribution in [2.75, 3.05) is 6.54 Å². The average Bonchev–Trinajstić information content (AvgIpc) is 2.13. The van der Waals surface area contributed by atoms with Crippen molar-refractivity contribution in [1.29, 1.82) is 0 Å². The van der Waals surface area contributed by atoms with Gasteiger partial charge in [0.05, 0.1) is 0 Å². The summed E-state index contributed by atoms with van der Waals surface area (Å²) in [6, 6.07) is 0. The minimum Gasteiger partial charge on any atom is -0.356 e. The first-order valence-corrected chi connectivity index (χ1v) is 5.85. The summed E-state index contributed by atoms with van der Waals surface area (Å²) in [4.78, 5) is 11.5. The van der Waals surface area contributed by atoms with Crippen molar-refractivity contribution in [3.8, 4) is 0 Å². The van der Waals surface area contributed by atoms with Crippen LogP contribution in [0, 0.1) is 11.8 Å². The lowest BCUT2D eigenvalue weighted by Crippen LogP contribution is -2.30. The zero-order chi connectivity index (χ0) is 11.0. The highest BCUT2D eigenvalue weighted by molar-refractivity contribution is 5.78. The van der Waals surface area contributed by atoms with Gasteiger partial charge in [0.2, 0.25) is 5.91 Å². The van der Waals surface area contributed by atoms with Gasteiger partial charge in [-0.25, -0.2) is 0 Å². The molecule has 0 rings (SSSR count). The van der Waals surface area contributed by atoms with Crippen LogP contribution >= 0.6 is 0 Å². The summed E-state index contributed by atoms with van der Waals surface area (Å²) in [5, 5.41) is 2.98. The number of unbranched alkanes of at least 4 members (excludes halogenated alkanes) is 1. The lowest BCUT2D eigenvalue weighted by Gasteiger charge is -2.12. The summed E-state index contributed by atoms with van der Waals surface area (Å²) in [5.74, 6) is 1.07. The number of carbonyl (C=O) groups is 1. The summed E-state index contributed by atoms with van der Waals surface area (Å²) in [6.45, 7) is 9.34. The molecule has 1 atom stereocenters. The molecule has 0 bridgehead atoms. The Bertz CT molecular complexity index is 154. The largest absolute Gasteiger partial charge is 0.356 e. The summed E-state index contributed by atoms with van der Waals surface area (Å²) in [7, 11) is 0. The van der Waals surface area contributed by atoms with Crippen LogP contribution in [-0.4, -0.2) is 12.5 Å². The predicted octanol–water partition coefficient (Wildman–Crippen LogP) is 2.98. The summed E-state index contributed by atoms with van der Waals surface area (Å²) in [5.41, 5.74) is 0. The van der Waals surface area contributed by atoms with E-state index >= 15 is 0 Å². The number of rotatable bonds is 7. The Balaban J connectivity index is 3.52. The highest BCUT2D eigenvalue weighted by atomic mass is 16.1. The van der Waals surface area contributed by atoms with E-state index in [4.69, 9.17) is 0 Å². The van der Waals surface area contributed by atoms with E-state index in [1.54, 1.807) is 0 Å². The van der Waals surface area contributed by atoms with Crippen molar-refractivity contribution in [1.82, 2.24) is 5.32 Å². The van der Waals surface area contributed by atoms with Gasteiger partial charge in [-0.05, 0) is 18.8 Å². The Kier molecular flexibility index (Phi) is 7.54.